The van der Waals surface area contributed by atoms with Crippen LogP contribution in [0.5, 0.6) is 6.01 Å². The Bertz CT molecular complexity index is 1430. The first-order valence-corrected chi connectivity index (χ1v) is 11.5. The van der Waals surface area contributed by atoms with Crippen LogP contribution in [-0.2, 0) is 4.79 Å². The summed E-state index contributed by atoms with van der Waals surface area (Å²) >= 11 is 12.2. The number of anilines is 1. The van der Waals surface area contributed by atoms with Crippen LogP contribution in [0.25, 0.3) is 23.2 Å². The molecular weight excluding hydrogens is 505 g/mol. The number of nitro benzene ring substituents is 1. The van der Waals surface area contributed by atoms with Gasteiger partial charge in [0, 0.05) is 29.5 Å². The summed E-state index contributed by atoms with van der Waals surface area (Å²) in [4.78, 5) is 27.0. The Hall–Kier alpha value is -4.21. The molecule has 9 nitrogen and oxygen atoms in total. The van der Waals surface area contributed by atoms with Gasteiger partial charge in [-0.2, -0.15) is 4.98 Å². The number of aromatic nitrogens is 3. The molecule has 4 aromatic rings. The van der Waals surface area contributed by atoms with Crippen LogP contribution in [0, 0.1) is 10.1 Å². The minimum absolute atomic E-state index is 0.0141. The van der Waals surface area contributed by atoms with Crippen molar-refractivity contribution < 1.29 is 14.5 Å². The summed E-state index contributed by atoms with van der Waals surface area (Å²) in [7, 11) is 0. The highest BCUT2D eigenvalue weighted by Crippen LogP contribution is 2.30. The maximum absolute atomic E-state index is 12.3. The molecule has 182 valence electrons. The Balaban J connectivity index is 1.51. The van der Waals surface area contributed by atoms with E-state index < -0.39 is 4.92 Å². The maximum atomic E-state index is 12.3. The number of rotatable bonds is 8. The second kappa shape index (κ2) is 11.0. The quantitative estimate of drug-likeness (QED) is 0.167. The largest absolute Gasteiger partial charge is 0.463 e. The summed E-state index contributed by atoms with van der Waals surface area (Å²) in [6.07, 6.45) is 2.92. The SMILES string of the molecule is CCOc1nc(-c2ccc(Cl)c(Cl)c2)n(-c2ccc(NC(=O)C=Cc3ccc([N+](=O)[O-])cc3)cc2)n1. The third-order valence-corrected chi connectivity index (χ3v) is 5.69. The highest BCUT2D eigenvalue weighted by Gasteiger charge is 2.16. The number of non-ortho nitro benzene ring substituents is 1. The van der Waals surface area contributed by atoms with E-state index in [0.717, 1.165) is 0 Å². The summed E-state index contributed by atoms with van der Waals surface area (Å²) in [5.74, 6) is 0.164. The van der Waals surface area contributed by atoms with Gasteiger partial charge >= 0.3 is 6.01 Å². The fourth-order valence-corrected chi connectivity index (χ4v) is 3.53. The van der Waals surface area contributed by atoms with Crippen molar-refractivity contribution in [2.24, 2.45) is 0 Å². The lowest BCUT2D eigenvalue weighted by molar-refractivity contribution is -0.384. The average molecular weight is 524 g/mol. The van der Waals surface area contributed by atoms with Crippen molar-refractivity contribution in [3.05, 3.63) is 98.5 Å². The molecular formula is C25H19Cl2N5O4. The number of carbonyl (C=O) groups is 1. The number of nitro groups is 1. The molecule has 0 bridgehead atoms. The van der Waals surface area contributed by atoms with E-state index in [2.05, 4.69) is 15.4 Å². The third kappa shape index (κ3) is 5.88. The van der Waals surface area contributed by atoms with Gasteiger partial charge in [-0.1, -0.05) is 23.2 Å². The van der Waals surface area contributed by atoms with Gasteiger partial charge in [0.05, 0.1) is 27.3 Å². The predicted molar refractivity (Wildman–Crippen MR) is 139 cm³/mol. The molecule has 1 aromatic heterocycles. The van der Waals surface area contributed by atoms with Gasteiger partial charge in [-0.15, -0.1) is 5.10 Å². The van der Waals surface area contributed by atoms with E-state index in [1.54, 1.807) is 65.4 Å². The number of nitrogens with one attached hydrogen (secondary N) is 1. The van der Waals surface area contributed by atoms with E-state index >= 15 is 0 Å². The van der Waals surface area contributed by atoms with Crippen LogP contribution in [0.2, 0.25) is 10.0 Å². The minimum Gasteiger partial charge on any atom is -0.463 e. The summed E-state index contributed by atoms with van der Waals surface area (Å²) < 4.78 is 7.10. The number of ether oxygens (including phenoxy) is 1. The van der Waals surface area contributed by atoms with Crippen LogP contribution in [0.3, 0.4) is 0 Å². The monoisotopic (exact) mass is 523 g/mol. The fraction of sp³-hybridized carbons (Fsp3) is 0.0800. The van der Waals surface area contributed by atoms with Gasteiger partial charge in [-0.3, -0.25) is 14.9 Å². The van der Waals surface area contributed by atoms with Crippen molar-refractivity contribution in [3.8, 4) is 23.1 Å². The number of carbonyl (C=O) groups excluding carboxylic acids is 1. The zero-order valence-electron chi connectivity index (χ0n) is 18.9. The van der Waals surface area contributed by atoms with Gasteiger partial charge in [0.15, 0.2) is 5.82 Å². The van der Waals surface area contributed by atoms with Crippen molar-refractivity contribution >= 4 is 46.6 Å². The van der Waals surface area contributed by atoms with Gasteiger partial charge in [0.25, 0.3) is 5.69 Å². The summed E-state index contributed by atoms with van der Waals surface area (Å²) in [5.41, 5.74) is 2.61. The van der Waals surface area contributed by atoms with E-state index in [1.165, 1.54) is 18.2 Å². The highest BCUT2D eigenvalue weighted by atomic mass is 35.5. The van der Waals surface area contributed by atoms with Crippen LogP contribution in [0.4, 0.5) is 11.4 Å². The number of halogens is 2. The molecule has 3 aromatic carbocycles. The van der Waals surface area contributed by atoms with Gasteiger partial charge < -0.3 is 10.1 Å². The first kappa shape index (κ1) is 24.9. The molecule has 0 atom stereocenters. The van der Waals surface area contributed by atoms with Crippen molar-refractivity contribution in [1.29, 1.82) is 0 Å². The minimum atomic E-state index is -0.478. The predicted octanol–water partition coefficient (Wildman–Crippen LogP) is 6.20. The molecule has 0 aliphatic heterocycles. The molecule has 0 aliphatic carbocycles. The van der Waals surface area contributed by atoms with Gasteiger partial charge in [0.2, 0.25) is 5.91 Å². The average Bonchev–Trinajstić information content (AvgIpc) is 3.29. The molecule has 1 heterocycles. The van der Waals surface area contributed by atoms with Crippen molar-refractivity contribution in [2.45, 2.75) is 6.92 Å². The van der Waals surface area contributed by atoms with E-state index in [1.807, 2.05) is 6.92 Å². The second-order valence-corrected chi connectivity index (χ2v) is 8.22. The normalized spacial score (nSPS) is 11.0. The summed E-state index contributed by atoms with van der Waals surface area (Å²) in [5, 5.41) is 18.8. The van der Waals surface area contributed by atoms with Crippen molar-refractivity contribution in [2.75, 3.05) is 11.9 Å². The Morgan fingerprint density at radius 3 is 2.44 bits per heavy atom. The zero-order chi connectivity index (χ0) is 25.7. The summed E-state index contributed by atoms with van der Waals surface area (Å²) in [6, 6.07) is 18.3. The Morgan fingerprint density at radius 2 is 1.81 bits per heavy atom. The van der Waals surface area contributed by atoms with E-state index in [0.29, 0.717) is 45.0 Å². The topological polar surface area (TPSA) is 112 Å². The van der Waals surface area contributed by atoms with Gasteiger partial charge in [-0.05, 0) is 73.2 Å². The highest BCUT2D eigenvalue weighted by molar-refractivity contribution is 6.42. The second-order valence-electron chi connectivity index (χ2n) is 7.41. The van der Waals surface area contributed by atoms with Crippen LogP contribution < -0.4 is 10.1 Å². The number of hydrogen-bond acceptors (Lipinski definition) is 6. The molecule has 1 amide bonds. The number of amides is 1. The van der Waals surface area contributed by atoms with Crippen LogP contribution in [-0.4, -0.2) is 32.2 Å². The molecule has 4 rings (SSSR count). The molecule has 0 spiro atoms. The molecule has 0 saturated carbocycles. The zero-order valence-corrected chi connectivity index (χ0v) is 20.4. The van der Waals surface area contributed by atoms with Crippen LogP contribution >= 0.6 is 23.2 Å². The molecule has 36 heavy (non-hydrogen) atoms. The number of nitrogens with zero attached hydrogens (tertiary/aromatic N) is 4. The van der Waals surface area contributed by atoms with Gasteiger partial charge in [-0.25, -0.2) is 4.68 Å². The molecule has 0 radical (unpaired) electrons. The first-order valence-electron chi connectivity index (χ1n) is 10.7. The Kier molecular flexibility index (Phi) is 7.62. The Labute approximate surface area is 216 Å². The van der Waals surface area contributed by atoms with E-state index in [9.17, 15) is 14.9 Å². The molecule has 1 N–H and O–H groups in total. The third-order valence-electron chi connectivity index (χ3n) is 4.95. The molecule has 0 fully saturated rings. The molecule has 0 unspecified atom stereocenters. The lowest BCUT2D eigenvalue weighted by Crippen LogP contribution is -2.08. The van der Waals surface area contributed by atoms with Crippen LogP contribution in [0.1, 0.15) is 12.5 Å². The molecule has 0 saturated heterocycles. The molecule has 11 heteroatoms. The van der Waals surface area contributed by atoms with E-state index in [-0.39, 0.29) is 17.6 Å². The lowest BCUT2D eigenvalue weighted by Gasteiger charge is -2.08. The lowest BCUT2D eigenvalue weighted by atomic mass is 10.2. The Morgan fingerprint density at radius 1 is 1.08 bits per heavy atom. The standard InChI is InChI=1S/C25H19Cl2N5O4/c1-2-36-25-29-24(17-6-13-21(26)22(27)15-17)31(30-25)19-11-7-18(8-12-19)28-23(33)14-5-16-3-9-20(10-4-16)32(34)35/h3-15H,2H2,1H3,(H,28,33). The first-order chi connectivity index (χ1) is 17.3. The van der Waals surface area contributed by atoms with Crippen molar-refractivity contribution in [1.82, 2.24) is 14.8 Å². The maximum Gasteiger partial charge on any atom is 0.336 e. The van der Waals surface area contributed by atoms with Crippen LogP contribution in [0.15, 0.2) is 72.8 Å². The smallest absolute Gasteiger partial charge is 0.336 e. The summed E-state index contributed by atoms with van der Waals surface area (Å²) in [6.45, 7) is 2.25. The fourth-order valence-electron chi connectivity index (χ4n) is 3.23. The molecule has 0 aliphatic rings. The van der Waals surface area contributed by atoms with Gasteiger partial charge in [0.1, 0.15) is 0 Å². The number of hydrogen-bond donors (Lipinski definition) is 1. The van der Waals surface area contributed by atoms with E-state index in [4.69, 9.17) is 27.9 Å². The van der Waals surface area contributed by atoms with Crippen molar-refractivity contribution in [3.63, 3.8) is 0 Å². The number of benzene rings is 3.